The first kappa shape index (κ1) is 29.7. The lowest BCUT2D eigenvalue weighted by molar-refractivity contribution is 0.355. The summed E-state index contributed by atoms with van der Waals surface area (Å²) in [6.45, 7) is 0.965. The third kappa shape index (κ3) is 6.06. The van der Waals surface area contributed by atoms with Gasteiger partial charge in [-0.05, 0) is 36.8 Å². The van der Waals surface area contributed by atoms with E-state index in [1.807, 2.05) is 6.07 Å². The largest absolute Gasteiger partial charge is 0.493 e. The van der Waals surface area contributed by atoms with Crippen LogP contribution in [0.2, 0.25) is 0 Å². The number of thiazole rings is 1. The third-order valence-corrected chi connectivity index (χ3v) is 7.83. The second-order valence-electron chi connectivity index (χ2n) is 9.69. The number of benzene rings is 3. The Labute approximate surface area is 249 Å². The van der Waals surface area contributed by atoms with Gasteiger partial charge in [0.2, 0.25) is 0 Å². The van der Waals surface area contributed by atoms with Crippen LogP contribution in [0.5, 0.6) is 11.5 Å². The molecule has 0 radical (unpaired) electrons. The Kier molecular flexibility index (Phi) is 8.69. The van der Waals surface area contributed by atoms with E-state index in [-0.39, 0.29) is 23.4 Å². The third-order valence-electron chi connectivity index (χ3n) is 7.07. The van der Waals surface area contributed by atoms with Crippen LogP contribution in [-0.2, 0) is 13.1 Å². The molecule has 5 aromatic rings. The number of nitrogens with one attached hydrogen (secondary N) is 1. The minimum absolute atomic E-state index is 0.119. The molecule has 0 fully saturated rings. The summed E-state index contributed by atoms with van der Waals surface area (Å²) < 4.78 is 42.2. The second-order valence-corrected chi connectivity index (χ2v) is 10.6. The molecule has 5 rings (SSSR count). The number of methoxy groups -OCH3 is 2. The maximum absolute atomic E-state index is 14.7. The maximum atomic E-state index is 14.7. The van der Waals surface area contributed by atoms with Crippen LogP contribution >= 0.6 is 11.3 Å². The quantitative estimate of drug-likeness (QED) is 0.224. The molecular formula is C31H29F2N5O4S. The van der Waals surface area contributed by atoms with Crippen molar-refractivity contribution in [3.63, 3.8) is 0 Å². The lowest BCUT2D eigenvalue weighted by atomic mass is 10.1. The van der Waals surface area contributed by atoms with Crippen LogP contribution in [-0.4, -0.2) is 28.3 Å². The Morgan fingerprint density at radius 2 is 1.65 bits per heavy atom. The monoisotopic (exact) mass is 605 g/mol. The van der Waals surface area contributed by atoms with Gasteiger partial charge in [-0.2, -0.15) is 0 Å². The van der Waals surface area contributed by atoms with Crippen molar-refractivity contribution in [2.45, 2.75) is 26.1 Å². The van der Waals surface area contributed by atoms with Gasteiger partial charge < -0.3 is 20.5 Å². The Morgan fingerprint density at radius 3 is 2.33 bits per heavy atom. The summed E-state index contributed by atoms with van der Waals surface area (Å²) in [5, 5.41) is 5.32. The lowest BCUT2D eigenvalue weighted by Gasteiger charge is -2.19. The zero-order valence-electron chi connectivity index (χ0n) is 23.6. The molecule has 1 atom stereocenters. The summed E-state index contributed by atoms with van der Waals surface area (Å²) in [5.74, 6) is -0.528. The summed E-state index contributed by atoms with van der Waals surface area (Å²) in [5.41, 5.74) is 6.77. The minimum Gasteiger partial charge on any atom is -0.493 e. The van der Waals surface area contributed by atoms with Crippen LogP contribution in [0.1, 0.15) is 22.9 Å². The minimum atomic E-state index is -0.804. The summed E-state index contributed by atoms with van der Waals surface area (Å²) >= 11 is 1.24. The smallest absolute Gasteiger partial charge is 0.331 e. The first-order valence-corrected chi connectivity index (χ1v) is 14.1. The van der Waals surface area contributed by atoms with Gasteiger partial charge in [0, 0.05) is 34.4 Å². The van der Waals surface area contributed by atoms with Gasteiger partial charge in [-0.25, -0.2) is 18.6 Å². The van der Waals surface area contributed by atoms with Crippen molar-refractivity contribution in [1.29, 1.82) is 0 Å². The number of rotatable bonds is 10. The molecular weight excluding hydrogens is 576 g/mol. The number of aromatic nitrogens is 3. The maximum Gasteiger partial charge on any atom is 0.331 e. The van der Waals surface area contributed by atoms with Gasteiger partial charge in [0.25, 0.3) is 5.56 Å². The normalized spacial score (nSPS) is 11.8. The fourth-order valence-electron chi connectivity index (χ4n) is 4.77. The molecule has 0 saturated carbocycles. The molecule has 222 valence electrons. The number of nitrogens with zero attached hydrogens (tertiary/aromatic N) is 3. The molecule has 0 aliphatic rings. The van der Waals surface area contributed by atoms with Crippen LogP contribution in [0.4, 0.5) is 19.6 Å². The molecule has 0 unspecified atom stereocenters. The molecule has 2 heterocycles. The summed E-state index contributed by atoms with van der Waals surface area (Å²) in [7, 11) is 3.07. The molecule has 3 N–H and O–H groups in total. The number of halogens is 2. The summed E-state index contributed by atoms with van der Waals surface area (Å²) in [4.78, 5) is 32.2. The molecule has 0 spiro atoms. The average molecular weight is 606 g/mol. The zero-order valence-corrected chi connectivity index (χ0v) is 24.5. The summed E-state index contributed by atoms with van der Waals surface area (Å²) in [6.07, 6.45) is 0. The van der Waals surface area contributed by atoms with E-state index >= 15 is 0 Å². The molecule has 43 heavy (non-hydrogen) atoms. The first-order valence-electron chi connectivity index (χ1n) is 13.2. The van der Waals surface area contributed by atoms with Crippen LogP contribution in [0.15, 0.2) is 81.7 Å². The number of anilines is 2. The number of hydrogen-bond donors (Lipinski definition) is 2. The highest BCUT2D eigenvalue weighted by Crippen LogP contribution is 2.33. The van der Waals surface area contributed by atoms with Crippen molar-refractivity contribution in [2.75, 3.05) is 19.5 Å². The Bertz CT molecular complexity index is 1870. The molecule has 3 aromatic carbocycles. The molecule has 0 aliphatic heterocycles. The Hall–Kier alpha value is -4.81. The lowest BCUT2D eigenvalue weighted by Crippen LogP contribution is -2.44. The van der Waals surface area contributed by atoms with Crippen molar-refractivity contribution in [3.05, 3.63) is 121 Å². The van der Waals surface area contributed by atoms with Crippen molar-refractivity contribution in [2.24, 2.45) is 5.73 Å². The topological polar surface area (TPSA) is 113 Å². The predicted octanol–water partition coefficient (Wildman–Crippen LogP) is 5.23. The first-order chi connectivity index (χ1) is 20.7. The molecule has 2 aromatic heterocycles. The highest BCUT2D eigenvalue weighted by atomic mass is 32.1. The van der Waals surface area contributed by atoms with Crippen LogP contribution in [0.3, 0.4) is 0 Å². The van der Waals surface area contributed by atoms with Crippen LogP contribution in [0.25, 0.3) is 11.3 Å². The molecule has 0 saturated heterocycles. The zero-order chi connectivity index (χ0) is 30.7. The van der Waals surface area contributed by atoms with Crippen LogP contribution in [0, 0.1) is 18.6 Å². The Morgan fingerprint density at radius 1 is 0.953 bits per heavy atom. The van der Waals surface area contributed by atoms with E-state index in [0.717, 1.165) is 22.3 Å². The van der Waals surface area contributed by atoms with E-state index in [1.54, 1.807) is 61.9 Å². The van der Waals surface area contributed by atoms with E-state index in [2.05, 4.69) is 10.3 Å². The van der Waals surface area contributed by atoms with E-state index in [0.29, 0.717) is 28.0 Å². The molecule has 0 amide bonds. The summed E-state index contributed by atoms with van der Waals surface area (Å²) in [6, 6.07) is 17.1. The SMILES string of the molecule is COc1ccc(Nc2nc(-c3c(C)n(Cc4c(F)cccc4F)c(=O)n(C[C@H](N)c4ccccc4)c3=O)cs2)cc1OC. The van der Waals surface area contributed by atoms with E-state index in [4.69, 9.17) is 15.2 Å². The van der Waals surface area contributed by atoms with Gasteiger partial charge in [-0.1, -0.05) is 36.4 Å². The van der Waals surface area contributed by atoms with Crippen LogP contribution < -0.4 is 31.8 Å². The van der Waals surface area contributed by atoms with Crippen molar-refractivity contribution in [3.8, 4) is 22.8 Å². The van der Waals surface area contributed by atoms with Crippen molar-refractivity contribution < 1.29 is 18.3 Å². The van der Waals surface area contributed by atoms with E-state index in [9.17, 15) is 18.4 Å². The van der Waals surface area contributed by atoms with E-state index < -0.39 is 35.5 Å². The van der Waals surface area contributed by atoms with Gasteiger partial charge in [0.05, 0.1) is 38.6 Å². The van der Waals surface area contributed by atoms with E-state index in [1.165, 1.54) is 29.1 Å². The standard InChI is InChI=1S/C31H29F2N5O4S/c1-18-28(25-17-43-30(36-25)35-20-12-13-26(41-2)27(14-20)42-3)29(39)38(16-24(34)19-8-5-4-6-9-19)31(40)37(18)15-21-22(32)10-7-11-23(21)33/h4-14,17,24H,15-16,34H2,1-3H3,(H,35,36)/t24-/m0/s1. The fraction of sp³-hybridized carbons (Fsp3) is 0.194. The Balaban J connectivity index is 1.60. The molecule has 0 aliphatic carbocycles. The van der Waals surface area contributed by atoms with Crippen molar-refractivity contribution in [1.82, 2.24) is 14.1 Å². The van der Waals surface area contributed by atoms with Gasteiger partial charge in [-0.3, -0.25) is 13.9 Å². The molecule has 0 bridgehead atoms. The number of ether oxygens (including phenoxy) is 2. The van der Waals surface area contributed by atoms with Crippen molar-refractivity contribution >= 4 is 22.2 Å². The highest BCUT2D eigenvalue weighted by Gasteiger charge is 2.23. The van der Waals surface area contributed by atoms with Gasteiger partial charge >= 0.3 is 5.69 Å². The second kappa shape index (κ2) is 12.6. The van der Waals surface area contributed by atoms with Gasteiger partial charge in [0.1, 0.15) is 11.6 Å². The number of hydrogen-bond acceptors (Lipinski definition) is 8. The highest BCUT2D eigenvalue weighted by molar-refractivity contribution is 7.14. The average Bonchev–Trinajstić information content (AvgIpc) is 3.46. The van der Waals surface area contributed by atoms with Gasteiger partial charge in [0.15, 0.2) is 16.6 Å². The van der Waals surface area contributed by atoms with Gasteiger partial charge in [-0.15, -0.1) is 11.3 Å². The molecule has 9 nitrogen and oxygen atoms in total. The molecule has 12 heteroatoms. The fourth-order valence-corrected chi connectivity index (χ4v) is 5.49. The predicted molar refractivity (Wildman–Crippen MR) is 162 cm³/mol. The number of nitrogens with two attached hydrogens (primary N) is 1.